The van der Waals surface area contributed by atoms with E-state index < -0.39 is 0 Å². The van der Waals surface area contributed by atoms with Crippen molar-refractivity contribution in [2.24, 2.45) is 0 Å². The van der Waals surface area contributed by atoms with Crippen LogP contribution in [-0.4, -0.2) is 39.3 Å². The average Bonchev–Trinajstić information content (AvgIpc) is 2.89. The van der Waals surface area contributed by atoms with Gasteiger partial charge < -0.3 is 14.7 Å². The molecule has 2 aromatic carbocycles. The standard InChI is InChI=1S/C19H17N3O4/c23-11-12-5-6-16-13(9-12)10-22(7-8-26-16)19(25)17-14-3-1-2-4-15(14)18(24)21-20-17/h1-6,9,23H,7-8,10-11H2,(H,21,24). The third-order valence-corrected chi connectivity index (χ3v) is 4.47. The molecule has 0 saturated carbocycles. The fourth-order valence-corrected chi connectivity index (χ4v) is 3.15. The number of aliphatic hydroxyl groups excluding tert-OH is 1. The molecule has 4 rings (SSSR count). The Labute approximate surface area is 148 Å². The summed E-state index contributed by atoms with van der Waals surface area (Å²) in [5.41, 5.74) is 1.47. The van der Waals surface area contributed by atoms with Crippen LogP contribution in [0.15, 0.2) is 47.3 Å². The lowest BCUT2D eigenvalue weighted by Gasteiger charge is -2.20. The molecular formula is C19H17N3O4. The third-order valence-electron chi connectivity index (χ3n) is 4.47. The van der Waals surface area contributed by atoms with E-state index in [1.54, 1.807) is 35.2 Å². The molecule has 1 aliphatic rings. The number of amides is 1. The summed E-state index contributed by atoms with van der Waals surface area (Å²) < 4.78 is 5.72. The van der Waals surface area contributed by atoms with E-state index in [1.165, 1.54) is 0 Å². The first-order valence-electron chi connectivity index (χ1n) is 8.29. The lowest BCUT2D eigenvalue weighted by atomic mass is 10.1. The SMILES string of the molecule is O=C(c1n[nH]c(=O)c2ccccc12)N1CCOc2ccc(CO)cc2C1. The number of fused-ring (bicyclic) bond motifs is 2. The second kappa shape index (κ2) is 6.61. The van der Waals surface area contributed by atoms with Crippen molar-refractivity contribution in [3.05, 3.63) is 69.6 Å². The number of carbonyl (C=O) groups is 1. The van der Waals surface area contributed by atoms with Crippen molar-refractivity contribution in [1.29, 1.82) is 0 Å². The van der Waals surface area contributed by atoms with Crippen LogP contribution >= 0.6 is 0 Å². The first-order valence-corrected chi connectivity index (χ1v) is 8.29. The van der Waals surface area contributed by atoms with Crippen LogP contribution in [0.25, 0.3) is 10.8 Å². The fraction of sp³-hybridized carbons (Fsp3) is 0.211. The maximum absolute atomic E-state index is 13.1. The number of nitrogens with one attached hydrogen (secondary N) is 1. The Hall–Kier alpha value is -3.19. The number of aliphatic hydroxyl groups is 1. The number of H-pyrrole nitrogens is 1. The van der Waals surface area contributed by atoms with Crippen LogP contribution in [-0.2, 0) is 13.2 Å². The van der Waals surface area contributed by atoms with Crippen LogP contribution in [0, 0.1) is 0 Å². The predicted molar refractivity (Wildman–Crippen MR) is 95.0 cm³/mol. The zero-order chi connectivity index (χ0) is 18.1. The van der Waals surface area contributed by atoms with Gasteiger partial charge in [0.15, 0.2) is 5.69 Å². The maximum atomic E-state index is 13.1. The lowest BCUT2D eigenvalue weighted by Crippen LogP contribution is -2.34. The Morgan fingerprint density at radius 1 is 1.23 bits per heavy atom. The predicted octanol–water partition coefficient (Wildman–Crippen LogP) is 1.45. The number of hydrogen-bond acceptors (Lipinski definition) is 5. The van der Waals surface area contributed by atoms with Gasteiger partial charge in [0.2, 0.25) is 0 Å². The van der Waals surface area contributed by atoms with Crippen LogP contribution < -0.4 is 10.3 Å². The smallest absolute Gasteiger partial charge is 0.275 e. The zero-order valence-electron chi connectivity index (χ0n) is 13.9. The summed E-state index contributed by atoms with van der Waals surface area (Å²) in [6, 6.07) is 12.3. The van der Waals surface area contributed by atoms with Crippen molar-refractivity contribution >= 4 is 16.7 Å². The summed E-state index contributed by atoms with van der Waals surface area (Å²) in [7, 11) is 0. The van der Waals surface area contributed by atoms with Gasteiger partial charge in [0.25, 0.3) is 11.5 Å². The fourth-order valence-electron chi connectivity index (χ4n) is 3.15. The van der Waals surface area contributed by atoms with Gasteiger partial charge >= 0.3 is 0 Å². The van der Waals surface area contributed by atoms with E-state index in [2.05, 4.69) is 10.2 Å². The van der Waals surface area contributed by atoms with Crippen LogP contribution in [0.4, 0.5) is 0 Å². The van der Waals surface area contributed by atoms with Gasteiger partial charge in [-0.15, -0.1) is 0 Å². The van der Waals surface area contributed by atoms with Crippen LogP contribution in [0.5, 0.6) is 5.75 Å². The molecule has 1 amide bonds. The van der Waals surface area contributed by atoms with Crippen molar-refractivity contribution in [2.45, 2.75) is 13.2 Å². The number of nitrogens with zero attached hydrogens (tertiary/aromatic N) is 2. The van der Waals surface area contributed by atoms with Gasteiger partial charge in [0.05, 0.1) is 18.5 Å². The van der Waals surface area contributed by atoms with Gasteiger partial charge in [-0.3, -0.25) is 9.59 Å². The normalized spacial score (nSPS) is 13.8. The summed E-state index contributed by atoms with van der Waals surface area (Å²) in [5.74, 6) is 0.431. The zero-order valence-corrected chi connectivity index (χ0v) is 13.9. The van der Waals surface area contributed by atoms with Crippen molar-refractivity contribution < 1.29 is 14.6 Å². The van der Waals surface area contributed by atoms with Gasteiger partial charge in [0.1, 0.15) is 12.4 Å². The number of ether oxygens (including phenoxy) is 1. The summed E-state index contributed by atoms with van der Waals surface area (Å²) in [4.78, 5) is 26.6. The molecule has 0 fully saturated rings. The van der Waals surface area contributed by atoms with Gasteiger partial charge in [-0.05, 0) is 23.8 Å². The van der Waals surface area contributed by atoms with E-state index in [1.807, 2.05) is 12.1 Å². The molecule has 0 bridgehead atoms. The average molecular weight is 351 g/mol. The summed E-state index contributed by atoms with van der Waals surface area (Å²) in [5, 5.41) is 16.7. The van der Waals surface area contributed by atoms with Gasteiger partial charge in [-0.25, -0.2) is 5.10 Å². The molecule has 7 nitrogen and oxygen atoms in total. The Morgan fingerprint density at radius 2 is 2.04 bits per heavy atom. The molecule has 1 aliphatic heterocycles. The van der Waals surface area contributed by atoms with E-state index in [0.717, 1.165) is 11.1 Å². The molecule has 3 aromatic rings. The molecule has 26 heavy (non-hydrogen) atoms. The number of hydrogen-bond donors (Lipinski definition) is 2. The maximum Gasteiger partial charge on any atom is 0.275 e. The van der Waals surface area contributed by atoms with Crippen LogP contribution in [0.3, 0.4) is 0 Å². The Morgan fingerprint density at radius 3 is 2.85 bits per heavy atom. The summed E-state index contributed by atoms with van der Waals surface area (Å²) in [6.07, 6.45) is 0. The lowest BCUT2D eigenvalue weighted by molar-refractivity contribution is 0.0728. The topological polar surface area (TPSA) is 95.5 Å². The minimum Gasteiger partial charge on any atom is -0.491 e. The van der Waals surface area contributed by atoms with Crippen LogP contribution in [0.1, 0.15) is 21.6 Å². The minimum absolute atomic E-state index is 0.0760. The Balaban J connectivity index is 1.72. The number of rotatable bonds is 2. The highest BCUT2D eigenvalue weighted by Crippen LogP contribution is 2.26. The molecular weight excluding hydrogens is 334 g/mol. The quantitative estimate of drug-likeness (QED) is 0.729. The molecule has 0 unspecified atom stereocenters. The largest absolute Gasteiger partial charge is 0.491 e. The second-order valence-electron chi connectivity index (χ2n) is 6.12. The molecule has 0 radical (unpaired) electrons. The highest BCUT2D eigenvalue weighted by molar-refractivity contribution is 6.04. The molecule has 132 valence electrons. The molecule has 0 spiro atoms. The van der Waals surface area contributed by atoms with Crippen molar-refractivity contribution in [1.82, 2.24) is 15.1 Å². The van der Waals surface area contributed by atoms with E-state index in [4.69, 9.17) is 4.74 Å². The van der Waals surface area contributed by atoms with Gasteiger partial charge in [0, 0.05) is 17.5 Å². The van der Waals surface area contributed by atoms with Crippen molar-refractivity contribution in [2.75, 3.05) is 13.2 Å². The molecule has 7 heteroatoms. The molecule has 2 heterocycles. The van der Waals surface area contributed by atoms with Crippen molar-refractivity contribution in [3.63, 3.8) is 0 Å². The highest BCUT2D eigenvalue weighted by Gasteiger charge is 2.24. The Bertz CT molecular complexity index is 1040. The van der Waals surface area contributed by atoms with E-state index in [9.17, 15) is 14.7 Å². The van der Waals surface area contributed by atoms with Gasteiger partial charge in [-0.1, -0.05) is 24.3 Å². The monoisotopic (exact) mass is 351 g/mol. The second-order valence-corrected chi connectivity index (χ2v) is 6.12. The van der Waals surface area contributed by atoms with Gasteiger partial charge in [-0.2, -0.15) is 5.10 Å². The first-order chi connectivity index (χ1) is 12.7. The number of carbonyl (C=O) groups excluding carboxylic acids is 1. The molecule has 2 N–H and O–H groups in total. The number of aromatic nitrogens is 2. The van der Waals surface area contributed by atoms with E-state index in [0.29, 0.717) is 36.2 Å². The highest BCUT2D eigenvalue weighted by atomic mass is 16.5. The molecule has 0 atom stereocenters. The molecule has 1 aromatic heterocycles. The van der Waals surface area contributed by atoms with Crippen molar-refractivity contribution in [3.8, 4) is 5.75 Å². The van der Waals surface area contributed by atoms with Crippen LogP contribution in [0.2, 0.25) is 0 Å². The van der Waals surface area contributed by atoms with E-state index >= 15 is 0 Å². The summed E-state index contributed by atoms with van der Waals surface area (Å²) >= 11 is 0. The number of benzene rings is 2. The summed E-state index contributed by atoms with van der Waals surface area (Å²) in [6.45, 7) is 1.03. The minimum atomic E-state index is -0.325. The van der Waals surface area contributed by atoms with E-state index in [-0.39, 0.29) is 23.8 Å². The third kappa shape index (κ3) is 2.82. The first kappa shape index (κ1) is 16.3. The molecule has 0 saturated heterocycles. The Kier molecular flexibility index (Phi) is 4.14. The molecule has 0 aliphatic carbocycles. The number of aromatic amines is 1.